The van der Waals surface area contributed by atoms with Crippen LogP contribution in [0.4, 0.5) is 0 Å². The van der Waals surface area contributed by atoms with Gasteiger partial charge in [0.15, 0.2) is 5.75 Å². The molecule has 0 spiro atoms. The average molecular weight is 1160 g/mol. The molecule has 0 aromatic heterocycles. The Morgan fingerprint density at radius 2 is 1.00 bits per heavy atom. The molecule has 0 bridgehead atoms. The first-order chi connectivity index (χ1) is 29.1. The van der Waals surface area contributed by atoms with E-state index in [4.69, 9.17) is 28.0 Å². The Hall–Kier alpha value is -2.09. The van der Waals surface area contributed by atoms with E-state index in [1.165, 1.54) is 0 Å². The van der Waals surface area contributed by atoms with Gasteiger partial charge in [-0.1, -0.05) is 0 Å². The molecule has 19 heteroatoms. The summed E-state index contributed by atoms with van der Waals surface area (Å²) in [5, 5.41) is 9.78. The predicted molar refractivity (Wildman–Crippen MR) is 266 cm³/mol. The molecule has 0 aliphatic carbocycles. The quantitative estimate of drug-likeness (QED) is 0.0511. The van der Waals surface area contributed by atoms with Crippen LogP contribution in [0.1, 0.15) is 109 Å². The van der Waals surface area contributed by atoms with Crippen molar-refractivity contribution >= 4 is 79.1 Å². The Bertz CT molecular complexity index is 1750. The summed E-state index contributed by atoms with van der Waals surface area (Å²) in [5.41, 5.74) is -3.03. The van der Waals surface area contributed by atoms with Gasteiger partial charge in [-0.15, -0.1) is 9.05 Å². The second-order valence-electron chi connectivity index (χ2n) is 20.4. The Morgan fingerprint density at radius 3 is 1.36 bits per heavy atom. The number of phenols is 1. The van der Waals surface area contributed by atoms with E-state index in [9.17, 15) is 28.6 Å². The van der Waals surface area contributed by atoms with Crippen molar-refractivity contribution in [2.24, 2.45) is 0 Å². The maximum atomic E-state index is 14.5. The highest BCUT2D eigenvalue weighted by Gasteiger charge is 2.37. The van der Waals surface area contributed by atoms with E-state index in [0.29, 0.717) is 11.5 Å². The molecule has 2 unspecified atom stereocenters. The van der Waals surface area contributed by atoms with Gasteiger partial charge in [-0.2, -0.15) is 0 Å². The molecule has 0 radical (unpaired) electrons. The molecule has 2 aromatic rings. The zero-order valence-electron chi connectivity index (χ0n) is 40.3. The van der Waals surface area contributed by atoms with E-state index in [2.05, 4.69) is 45.2 Å². The van der Waals surface area contributed by atoms with Gasteiger partial charge in [0, 0.05) is 26.2 Å². The van der Waals surface area contributed by atoms with Gasteiger partial charge in [-0.3, -0.25) is 19.3 Å². The van der Waals surface area contributed by atoms with E-state index in [-0.39, 0.29) is 64.0 Å². The molecule has 0 aliphatic rings. The molecular formula is C45H71I2N3O12P2+2. The van der Waals surface area contributed by atoms with Crippen molar-refractivity contribution in [2.75, 3.05) is 51.8 Å². The van der Waals surface area contributed by atoms with Crippen LogP contribution in [0.25, 0.3) is 0 Å². The number of carbonyl (C=O) groups is 3. The lowest BCUT2D eigenvalue weighted by molar-refractivity contribution is -0.162. The van der Waals surface area contributed by atoms with Gasteiger partial charge in [0.05, 0.1) is 7.14 Å². The first-order valence-electron chi connectivity index (χ1n) is 21.1. The normalized spacial score (nSPS) is 13.8. The lowest BCUT2D eigenvalue weighted by Gasteiger charge is -2.35. The average Bonchev–Trinajstić information content (AvgIpc) is 3.05. The van der Waals surface area contributed by atoms with E-state index in [0.717, 1.165) is 12.7 Å². The van der Waals surface area contributed by atoms with Crippen LogP contribution >= 0.6 is 61.2 Å². The minimum absolute atomic E-state index is 0.0922. The number of phenolic OH excluding ortho intramolecular Hbond substituents is 1. The van der Waals surface area contributed by atoms with Crippen molar-refractivity contribution in [3.8, 4) is 17.2 Å². The number of halogens is 2. The molecule has 0 aliphatic heterocycles. The van der Waals surface area contributed by atoms with Crippen LogP contribution in [-0.2, 0) is 53.2 Å². The maximum Gasteiger partial charge on any atom is 0.524 e. The highest BCUT2D eigenvalue weighted by molar-refractivity contribution is 14.1. The summed E-state index contributed by atoms with van der Waals surface area (Å²) in [6.07, 6.45) is -0.00252. The van der Waals surface area contributed by atoms with Crippen molar-refractivity contribution in [1.82, 2.24) is 14.7 Å². The molecule has 0 heterocycles. The van der Waals surface area contributed by atoms with Crippen molar-refractivity contribution in [3.05, 3.63) is 49.1 Å². The lowest BCUT2D eigenvalue weighted by Crippen LogP contribution is -2.51. The van der Waals surface area contributed by atoms with Crippen LogP contribution in [0.5, 0.6) is 17.2 Å². The summed E-state index contributed by atoms with van der Waals surface area (Å²) >= 11 is 4.38. The minimum Gasteiger partial charge on any atom is -0.508 e. The first-order valence-corrected chi connectivity index (χ1v) is 26.0. The molecule has 2 rings (SSSR count). The van der Waals surface area contributed by atoms with E-state index in [1.54, 1.807) is 138 Å². The van der Waals surface area contributed by atoms with Gasteiger partial charge < -0.3 is 24.1 Å². The zero-order chi connectivity index (χ0) is 49.0. The Kier molecular flexibility index (Phi) is 22.5. The molecule has 15 nitrogen and oxygen atoms in total. The summed E-state index contributed by atoms with van der Waals surface area (Å²) < 4.78 is 63.5. The van der Waals surface area contributed by atoms with E-state index < -0.39 is 68.0 Å². The second-order valence-corrected chi connectivity index (χ2v) is 25.0. The number of rotatable bonds is 22. The van der Waals surface area contributed by atoms with Crippen LogP contribution in [-0.4, -0.2) is 124 Å². The van der Waals surface area contributed by atoms with Crippen LogP contribution in [0.2, 0.25) is 0 Å². The first kappa shape index (κ1) is 58.0. The summed E-state index contributed by atoms with van der Waals surface area (Å²) in [6, 6.07) is 9.36. The number of carbonyl (C=O) groups excluding carboxylic acids is 3. The number of benzene rings is 2. The second kappa shape index (κ2) is 24.8. The third kappa shape index (κ3) is 25.2. The number of ether oxygens (including phenoxy) is 4. The molecule has 360 valence electrons. The number of aromatic hydroxyl groups is 1. The number of esters is 3. The van der Waals surface area contributed by atoms with Crippen LogP contribution in [0, 0.1) is 7.14 Å². The Labute approximate surface area is 410 Å². The van der Waals surface area contributed by atoms with Crippen molar-refractivity contribution in [2.45, 2.75) is 144 Å². The monoisotopic (exact) mass is 1160 g/mol. The lowest BCUT2D eigenvalue weighted by atomic mass is 10.0. The molecule has 64 heavy (non-hydrogen) atoms. The Morgan fingerprint density at radius 1 is 0.609 bits per heavy atom. The molecule has 2 aromatic carbocycles. The van der Waals surface area contributed by atoms with E-state index >= 15 is 0 Å². The van der Waals surface area contributed by atoms with E-state index in [1.807, 2.05) is 17.0 Å². The topological polar surface area (TPSA) is 171 Å². The number of hydrogen-bond donors (Lipinski definition) is 1. The molecule has 0 saturated carbocycles. The van der Waals surface area contributed by atoms with Gasteiger partial charge in [0.1, 0.15) is 58.6 Å². The summed E-state index contributed by atoms with van der Waals surface area (Å²) in [6.45, 7) is 26.9. The zero-order valence-corrected chi connectivity index (χ0v) is 46.4. The van der Waals surface area contributed by atoms with Gasteiger partial charge >= 0.3 is 34.0 Å². The largest absolute Gasteiger partial charge is 0.524 e. The fraction of sp³-hybridized carbons (Fsp3) is 0.667. The van der Waals surface area contributed by atoms with Gasteiger partial charge in [-0.25, -0.2) is 9.80 Å². The van der Waals surface area contributed by atoms with Crippen molar-refractivity contribution in [1.29, 1.82) is 0 Å². The highest BCUT2D eigenvalue weighted by atomic mass is 127. The predicted octanol–water partition coefficient (Wildman–Crippen LogP) is 10.3. The van der Waals surface area contributed by atoms with Crippen molar-refractivity contribution < 1.29 is 56.6 Å². The molecule has 0 amide bonds. The third-order valence-electron chi connectivity index (χ3n) is 8.00. The molecule has 0 saturated heterocycles. The van der Waals surface area contributed by atoms with Crippen molar-refractivity contribution in [3.63, 3.8) is 0 Å². The summed E-state index contributed by atoms with van der Waals surface area (Å²) in [7, 11) is -4.51. The smallest absolute Gasteiger partial charge is 0.508 e. The third-order valence-corrected chi connectivity index (χ3v) is 12.4. The fourth-order valence-electron chi connectivity index (χ4n) is 5.89. The van der Waals surface area contributed by atoms with Crippen LogP contribution in [0.3, 0.4) is 0 Å². The molecule has 0 fully saturated rings. The molecular weight excluding hydrogens is 1090 g/mol. The maximum absolute atomic E-state index is 14.5. The van der Waals surface area contributed by atoms with Gasteiger partial charge in [0.2, 0.25) is 12.6 Å². The number of hydrogen-bond acceptors (Lipinski definition) is 15. The summed E-state index contributed by atoms with van der Waals surface area (Å²) in [4.78, 5) is 46.3. The summed E-state index contributed by atoms with van der Waals surface area (Å²) in [5.74, 6) is -0.294. The molecule has 1 N–H and O–H groups in total. The van der Waals surface area contributed by atoms with Crippen LogP contribution < -0.4 is 4.74 Å². The standard InChI is InChI=1S/C45H70I2N3O12P2/c1-41(2,3)58-37(52)27-48(29-63(55)61-44(10,11)12)20-22-50(23-21-49(28-38(53)59-42(4,5)6)30-64(56)62-45(13,14)15)36(40(54)60-43(7,8)9)26-31-24-34(46)39(35(47)25-31)57-33-18-16-32(51)17-19-33/h16-19,24-25,36H,20-23,26-30H2,1-15H3/q+1/p+1/t36-/m0/s1. The molecule has 3 atom stereocenters. The van der Waals surface area contributed by atoms with Crippen LogP contribution in [0.15, 0.2) is 36.4 Å². The Balaban J connectivity index is 2.72. The fourth-order valence-corrected chi connectivity index (χ4v) is 10.5. The highest BCUT2D eigenvalue weighted by Crippen LogP contribution is 2.35. The van der Waals surface area contributed by atoms with Gasteiger partial charge in [0.25, 0.3) is 0 Å². The minimum atomic E-state index is -2.26. The SMILES string of the molecule is CC(C)(C)OC(=O)CN(CCN(CCN(CC(=O)OC(C)(C)C)C[P+](=O)OC(C)(C)C)[C@@H](Cc1cc(I)c(Oc2ccc(O)cc2)c(I)c1)C(=O)OC(C)(C)C)C[P+](=O)OC(C)(C)C. The number of nitrogens with zero attached hydrogens (tertiary/aromatic N) is 3. The van der Waals surface area contributed by atoms with Gasteiger partial charge in [-0.05, 0) is 207 Å².